The molecule has 30 heavy (non-hydrogen) atoms. The van der Waals surface area contributed by atoms with Crippen molar-refractivity contribution in [2.75, 3.05) is 49.5 Å². The van der Waals surface area contributed by atoms with Gasteiger partial charge in [-0.1, -0.05) is 25.5 Å². The van der Waals surface area contributed by atoms with Crippen molar-refractivity contribution < 1.29 is 14.6 Å². The number of β-amino-alcohol motifs (C(OH)–C–C–N with tert-alkyl or cyclic N) is 1. The normalized spacial score (nSPS) is 17.5. The van der Waals surface area contributed by atoms with Gasteiger partial charge in [-0.15, -0.1) is 0 Å². The molecule has 0 bridgehead atoms. The maximum atomic E-state index is 11.5. The van der Waals surface area contributed by atoms with Crippen LogP contribution in [-0.4, -0.2) is 61.3 Å². The van der Waals surface area contributed by atoms with Gasteiger partial charge in [-0.25, -0.2) is 0 Å². The van der Waals surface area contributed by atoms with Gasteiger partial charge in [0.25, 0.3) is 0 Å². The lowest BCUT2D eigenvalue weighted by Crippen LogP contribution is -2.49. The Morgan fingerprint density at radius 1 is 1.10 bits per heavy atom. The molecule has 6 heteroatoms. The Bertz CT molecular complexity index is 860. The number of carbonyl (C=O) groups is 1. The van der Waals surface area contributed by atoms with Gasteiger partial charge >= 0.3 is 0 Å². The molecule has 1 amide bonds. The summed E-state index contributed by atoms with van der Waals surface area (Å²) in [6, 6.07) is 14.5. The number of benzene rings is 2. The number of fused-ring (bicyclic) bond motifs is 1. The molecule has 0 radical (unpaired) electrons. The van der Waals surface area contributed by atoms with Gasteiger partial charge in [0.2, 0.25) is 5.91 Å². The van der Waals surface area contributed by atoms with Crippen LogP contribution >= 0.6 is 0 Å². The van der Waals surface area contributed by atoms with E-state index in [4.69, 9.17) is 4.74 Å². The summed E-state index contributed by atoms with van der Waals surface area (Å²) in [5.74, 6) is 0.707. The Hall–Kier alpha value is -2.57. The van der Waals surface area contributed by atoms with Crippen LogP contribution in [0.1, 0.15) is 24.5 Å². The number of carbonyl (C=O) groups excluding carboxylic acids is 1. The van der Waals surface area contributed by atoms with Gasteiger partial charge in [-0.2, -0.15) is 0 Å². The Morgan fingerprint density at radius 3 is 2.60 bits per heavy atom. The largest absolute Gasteiger partial charge is 0.491 e. The van der Waals surface area contributed by atoms with Crippen LogP contribution in [0.25, 0.3) is 0 Å². The SMILES string of the molecule is CCCc1ccc(N2CCN(C[C@@H](O)COc3ccc4c(c3)CC(=O)N4)CC2)cc1. The van der Waals surface area contributed by atoms with Crippen molar-refractivity contribution >= 4 is 17.3 Å². The molecule has 2 aliphatic rings. The number of aliphatic hydroxyl groups is 1. The first kappa shape index (κ1) is 20.7. The Kier molecular flexibility index (Phi) is 6.55. The Labute approximate surface area is 178 Å². The molecule has 0 aromatic heterocycles. The summed E-state index contributed by atoms with van der Waals surface area (Å²) in [7, 11) is 0. The molecule has 2 aromatic carbocycles. The summed E-state index contributed by atoms with van der Waals surface area (Å²) >= 11 is 0. The van der Waals surface area contributed by atoms with Crippen molar-refractivity contribution in [3.8, 4) is 5.75 Å². The summed E-state index contributed by atoms with van der Waals surface area (Å²) in [4.78, 5) is 16.2. The number of amides is 1. The molecule has 2 aliphatic heterocycles. The first-order valence-electron chi connectivity index (χ1n) is 10.9. The van der Waals surface area contributed by atoms with Gasteiger partial charge in [0.1, 0.15) is 18.5 Å². The number of hydrogen-bond acceptors (Lipinski definition) is 5. The highest BCUT2D eigenvalue weighted by atomic mass is 16.5. The number of aryl methyl sites for hydroxylation is 1. The van der Waals surface area contributed by atoms with E-state index in [-0.39, 0.29) is 12.5 Å². The van der Waals surface area contributed by atoms with E-state index in [0.717, 1.165) is 43.9 Å². The quantitative estimate of drug-likeness (QED) is 0.702. The zero-order valence-corrected chi connectivity index (χ0v) is 17.6. The third kappa shape index (κ3) is 5.12. The molecule has 2 N–H and O–H groups in total. The minimum Gasteiger partial charge on any atom is -0.491 e. The predicted octanol–water partition coefficient (Wildman–Crippen LogP) is 2.70. The molecule has 2 aromatic rings. The zero-order valence-electron chi connectivity index (χ0n) is 17.6. The molecule has 0 saturated carbocycles. The van der Waals surface area contributed by atoms with Gasteiger partial charge in [0, 0.05) is 44.1 Å². The zero-order chi connectivity index (χ0) is 20.9. The maximum absolute atomic E-state index is 11.5. The van der Waals surface area contributed by atoms with Crippen molar-refractivity contribution in [3.63, 3.8) is 0 Å². The number of hydrogen-bond donors (Lipinski definition) is 2. The number of nitrogens with zero attached hydrogens (tertiary/aromatic N) is 2. The van der Waals surface area contributed by atoms with Gasteiger partial charge in [0.05, 0.1) is 6.42 Å². The van der Waals surface area contributed by atoms with Crippen molar-refractivity contribution in [2.45, 2.75) is 32.3 Å². The number of piperazine rings is 1. The third-order valence-electron chi connectivity index (χ3n) is 5.83. The molecule has 0 unspecified atom stereocenters. The summed E-state index contributed by atoms with van der Waals surface area (Å²) in [6.07, 6.45) is 2.15. The Balaban J connectivity index is 1.20. The van der Waals surface area contributed by atoms with Gasteiger partial charge in [-0.05, 0) is 47.9 Å². The average molecular weight is 410 g/mol. The van der Waals surface area contributed by atoms with Crippen LogP contribution in [0.4, 0.5) is 11.4 Å². The van der Waals surface area contributed by atoms with Crippen molar-refractivity contribution in [1.29, 1.82) is 0 Å². The molecule has 0 aliphatic carbocycles. The van der Waals surface area contributed by atoms with E-state index in [1.54, 1.807) is 0 Å². The number of nitrogens with one attached hydrogen (secondary N) is 1. The lowest BCUT2D eigenvalue weighted by atomic mass is 10.1. The number of aliphatic hydroxyl groups excluding tert-OH is 1. The van der Waals surface area contributed by atoms with Crippen LogP contribution in [0.5, 0.6) is 5.75 Å². The van der Waals surface area contributed by atoms with Crippen LogP contribution in [-0.2, 0) is 17.6 Å². The molecule has 1 saturated heterocycles. The molecule has 1 fully saturated rings. The minimum absolute atomic E-state index is 0.0122. The first-order valence-corrected chi connectivity index (χ1v) is 10.9. The number of anilines is 2. The summed E-state index contributed by atoms with van der Waals surface area (Å²) in [6.45, 7) is 6.85. The topological polar surface area (TPSA) is 65.0 Å². The highest BCUT2D eigenvalue weighted by Gasteiger charge is 2.21. The average Bonchev–Trinajstić information content (AvgIpc) is 3.13. The molecule has 2 heterocycles. The lowest BCUT2D eigenvalue weighted by molar-refractivity contribution is -0.115. The first-order chi connectivity index (χ1) is 14.6. The van der Waals surface area contributed by atoms with E-state index in [1.165, 1.54) is 17.7 Å². The molecule has 4 rings (SSSR count). The summed E-state index contributed by atoms with van der Waals surface area (Å²) in [5.41, 5.74) is 4.48. The fraction of sp³-hybridized carbons (Fsp3) is 0.458. The number of rotatable bonds is 8. The second-order valence-corrected chi connectivity index (χ2v) is 8.21. The van der Waals surface area contributed by atoms with Crippen LogP contribution in [0.3, 0.4) is 0 Å². The Morgan fingerprint density at radius 2 is 1.87 bits per heavy atom. The second kappa shape index (κ2) is 9.49. The van der Waals surface area contributed by atoms with E-state index < -0.39 is 6.10 Å². The molecule has 160 valence electrons. The fourth-order valence-electron chi connectivity index (χ4n) is 4.19. The van der Waals surface area contributed by atoms with Crippen LogP contribution in [0.15, 0.2) is 42.5 Å². The third-order valence-corrected chi connectivity index (χ3v) is 5.83. The van der Waals surface area contributed by atoms with Crippen LogP contribution in [0, 0.1) is 0 Å². The van der Waals surface area contributed by atoms with Crippen molar-refractivity contribution in [3.05, 3.63) is 53.6 Å². The van der Waals surface area contributed by atoms with E-state index >= 15 is 0 Å². The fourth-order valence-corrected chi connectivity index (χ4v) is 4.19. The van der Waals surface area contributed by atoms with Crippen LogP contribution < -0.4 is 15.0 Å². The summed E-state index contributed by atoms with van der Waals surface area (Å²) < 4.78 is 5.77. The molecule has 1 atom stereocenters. The monoisotopic (exact) mass is 409 g/mol. The van der Waals surface area contributed by atoms with E-state index in [9.17, 15) is 9.90 Å². The molecular weight excluding hydrogens is 378 g/mol. The van der Waals surface area contributed by atoms with E-state index in [1.807, 2.05) is 18.2 Å². The molecular formula is C24H31N3O3. The molecule has 6 nitrogen and oxygen atoms in total. The molecule has 0 spiro atoms. The van der Waals surface area contributed by atoms with E-state index in [0.29, 0.717) is 18.7 Å². The number of ether oxygens (including phenoxy) is 1. The lowest BCUT2D eigenvalue weighted by Gasteiger charge is -2.37. The van der Waals surface area contributed by atoms with Crippen molar-refractivity contribution in [2.24, 2.45) is 0 Å². The highest BCUT2D eigenvalue weighted by Crippen LogP contribution is 2.27. The second-order valence-electron chi connectivity index (χ2n) is 8.21. The standard InChI is InChI=1S/C24H31N3O3/c1-2-3-18-4-6-20(7-5-18)27-12-10-26(11-13-27)16-21(28)17-30-22-8-9-23-19(14-22)15-24(29)25-23/h4-9,14,21,28H,2-3,10-13,15-17H2,1H3,(H,25,29)/t21-/m1/s1. The van der Waals surface area contributed by atoms with Gasteiger partial charge in [-0.3, -0.25) is 9.69 Å². The minimum atomic E-state index is -0.544. The predicted molar refractivity (Wildman–Crippen MR) is 119 cm³/mol. The van der Waals surface area contributed by atoms with Gasteiger partial charge < -0.3 is 20.1 Å². The van der Waals surface area contributed by atoms with E-state index in [2.05, 4.69) is 46.3 Å². The highest BCUT2D eigenvalue weighted by molar-refractivity contribution is 5.99. The maximum Gasteiger partial charge on any atom is 0.228 e. The van der Waals surface area contributed by atoms with Crippen LogP contribution in [0.2, 0.25) is 0 Å². The summed E-state index contributed by atoms with van der Waals surface area (Å²) in [5, 5.41) is 13.2. The van der Waals surface area contributed by atoms with Crippen molar-refractivity contribution in [1.82, 2.24) is 4.90 Å². The van der Waals surface area contributed by atoms with Gasteiger partial charge in [0.15, 0.2) is 0 Å². The smallest absolute Gasteiger partial charge is 0.228 e.